The quantitative estimate of drug-likeness (QED) is 0.858. The number of rotatable bonds is 5. The van der Waals surface area contributed by atoms with Crippen molar-refractivity contribution in [3.8, 4) is 5.88 Å². The second kappa shape index (κ2) is 7.72. The van der Waals surface area contributed by atoms with Crippen molar-refractivity contribution in [2.24, 2.45) is 0 Å². The van der Waals surface area contributed by atoms with E-state index in [0.717, 1.165) is 25.7 Å². The molecule has 1 fully saturated rings. The number of pyridine rings is 1. The van der Waals surface area contributed by atoms with E-state index in [1.807, 2.05) is 18.2 Å². The number of sulfonamides is 1. The highest BCUT2D eigenvalue weighted by Gasteiger charge is 2.27. The number of benzene rings is 1. The van der Waals surface area contributed by atoms with Crippen molar-refractivity contribution in [1.82, 2.24) is 9.71 Å². The fraction of sp³-hybridized carbons (Fsp3) is 0.389. The van der Waals surface area contributed by atoms with Gasteiger partial charge in [0, 0.05) is 23.3 Å². The van der Waals surface area contributed by atoms with Gasteiger partial charge >= 0.3 is 0 Å². The van der Waals surface area contributed by atoms with Crippen molar-refractivity contribution in [2.45, 2.75) is 49.6 Å². The molecule has 0 amide bonds. The van der Waals surface area contributed by atoms with E-state index in [-0.39, 0.29) is 17.0 Å². The van der Waals surface area contributed by atoms with Gasteiger partial charge in [0.15, 0.2) is 0 Å². The topological polar surface area (TPSA) is 68.3 Å². The van der Waals surface area contributed by atoms with Crippen LogP contribution in [0.4, 0.5) is 0 Å². The lowest BCUT2D eigenvalue weighted by Gasteiger charge is -2.29. The molecule has 1 N–H and O–H groups in total. The Morgan fingerprint density at radius 1 is 1.12 bits per heavy atom. The largest absolute Gasteiger partial charge is 0.474 e. The average molecular weight is 381 g/mol. The van der Waals surface area contributed by atoms with Crippen molar-refractivity contribution in [2.75, 3.05) is 0 Å². The zero-order valence-corrected chi connectivity index (χ0v) is 15.6. The molecule has 5 nitrogen and oxygen atoms in total. The first-order valence-corrected chi connectivity index (χ1v) is 10.2. The number of hydrogen-bond donors (Lipinski definition) is 1. The van der Waals surface area contributed by atoms with E-state index < -0.39 is 10.0 Å². The lowest BCUT2D eigenvalue weighted by atomic mass is 9.94. The van der Waals surface area contributed by atoms with Gasteiger partial charge in [0.05, 0.1) is 4.90 Å². The number of hydrogen-bond acceptors (Lipinski definition) is 4. The summed E-state index contributed by atoms with van der Waals surface area (Å²) in [7, 11) is -3.58. The maximum atomic E-state index is 12.6. The van der Waals surface area contributed by atoms with E-state index in [0.29, 0.717) is 16.5 Å². The van der Waals surface area contributed by atoms with Gasteiger partial charge in [0.25, 0.3) is 0 Å². The monoisotopic (exact) mass is 380 g/mol. The van der Waals surface area contributed by atoms with Crippen molar-refractivity contribution < 1.29 is 13.2 Å². The molecule has 0 radical (unpaired) electrons. The van der Waals surface area contributed by atoms with Crippen LogP contribution in [0.15, 0.2) is 47.5 Å². The standard InChI is InChI=1S/C18H21ClN2O3S/c1-13-16(19)5-4-6-17(13)25(22,23)21-14-8-10-15(11-9-14)24-18-7-2-3-12-20-18/h2-7,12,14-15,21H,8-11H2,1H3. The lowest BCUT2D eigenvalue weighted by Crippen LogP contribution is -2.39. The molecule has 0 unspecified atom stereocenters. The Hall–Kier alpha value is -1.63. The minimum absolute atomic E-state index is 0.0727. The number of ether oxygens (including phenoxy) is 1. The predicted octanol–water partition coefficient (Wildman–Crippen LogP) is 3.71. The first-order chi connectivity index (χ1) is 12.0. The molecule has 0 spiro atoms. The molecule has 1 heterocycles. The van der Waals surface area contributed by atoms with E-state index in [9.17, 15) is 8.42 Å². The third-order valence-corrected chi connectivity index (χ3v) is 6.50. The molecule has 1 aliphatic rings. The Balaban J connectivity index is 1.59. The molecule has 7 heteroatoms. The molecule has 0 bridgehead atoms. The average Bonchev–Trinajstić information content (AvgIpc) is 2.59. The van der Waals surface area contributed by atoms with E-state index in [1.54, 1.807) is 31.3 Å². The maximum Gasteiger partial charge on any atom is 0.241 e. The van der Waals surface area contributed by atoms with Gasteiger partial charge in [0.1, 0.15) is 6.10 Å². The van der Waals surface area contributed by atoms with Gasteiger partial charge in [0.2, 0.25) is 15.9 Å². The van der Waals surface area contributed by atoms with Gasteiger partial charge in [-0.1, -0.05) is 23.7 Å². The molecule has 0 aliphatic heterocycles. The molecule has 0 atom stereocenters. The fourth-order valence-electron chi connectivity index (χ4n) is 3.05. The second-order valence-corrected chi connectivity index (χ2v) is 8.33. The molecule has 3 rings (SSSR count). The van der Waals surface area contributed by atoms with Gasteiger partial charge in [-0.3, -0.25) is 0 Å². The van der Waals surface area contributed by atoms with E-state index in [1.165, 1.54) is 0 Å². The van der Waals surface area contributed by atoms with Gasteiger partial charge in [-0.15, -0.1) is 0 Å². The van der Waals surface area contributed by atoms with Crippen LogP contribution in [0.25, 0.3) is 0 Å². The summed E-state index contributed by atoms with van der Waals surface area (Å²) >= 11 is 6.04. The molecule has 1 aromatic carbocycles. The predicted molar refractivity (Wildman–Crippen MR) is 97.4 cm³/mol. The van der Waals surface area contributed by atoms with Crippen LogP contribution in [0, 0.1) is 6.92 Å². The van der Waals surface area contributed by atoms with Crippen LogP contribution in [0.5, 0.6) is 5.88 Å². The Morgan fingerprint density at radius 3 is 2.56 bits per heavy atom. The number of aromatic nitrogens is 1. The molecule has 2 aromatic rings. The molecule has 134 valence electrons. The first kappa shape index (κ1) is 18.2. The number of nitrogens with one attached hydrogen (secondary N) is 1. The van der Waals surface area contributed by atoms with Gasteiger partial charge < -0.3 is 4.74 Å². The molecule has 1 aromatic heterocycles. The van der Waals surface area contributed by atoms with Crippen LogP contribution < -0.4 is 9.46 Å². The Kier molecular flexibility index (Phi) is 5.61. The summed E-state index contributed by atoms with van der Waals surface area (Å²) in [5.74, 6) is 0.612. The van der Waals surface area contributed by atoms with Gasteiger partial charge in [-0.05, 0) is 56.4 Å². The SMILES string of the molecule is Cc1c(Cl)cccc1S(=O)(=O)NC1CCC(Oc2ccccn2)CC1. The summed E-state index contributed by atoms with van der Waals surface area (Å²) in [6, 6.07) is 10.4. The zero-order valence-electron chi connectivity index (χ0n) is 14.0. The van der Waals surface area contributed by atoms with Crippen LogP contribution in [-0.4, -0.2) is 25.5 Å². The van der Waals surface area contributed by atoms with Crippen molar-refractivity contribution in [3.63, 3.8) is 0 Å². The maximum absolute atomic E-state index is 12.6. The van der Waals surface area contributed by atoms with Crippen LogP contribution in [0.2, 0.25) is 5.02 Å². The third-order valence-electron chi connectivity index (χ3n) is 4.43. The molecule has 25 heavy (non-hydrogen) atoms. The van der Waals surface area contributed by atoms with Crippen LogP contribution in [-0.2, 0) is 10.0 Å². The summed E-state index contributed by atoms with van der Waals surface area (Å²) in [5, 5.41) is 0.454. The first-order valence-electron chi connectivity index (χ1n) is 8.31. The van der Waals surface area contributed by atoms with Crippen LogP contribution >= 0.6 is 11.6 Å². The molecule has 1 aliphatic carbocycles. The molecular formula is C18H21ClN2O3S. The Labute approximate surface area is 153 Å². The van der Waals surface area contributed by atoms with E-state index >= 15 is 0 Å². The third kappa shape index (κ3) is 4.51. The normalized spacial score (nSPS) is 21.0. The summed E-state index contributed by atoms with van der Waals surface area (Å²) in [4.78, 5) is 4.41. The zero-order chi connectivity index (χ0) is 17.9. The summed E-state index contributed by atoms with van der Waals surface area (Å²) in [6.45, 7) is 1.72. The van der Waals surface area contributed by atoms with Crippen LogP contribution in [0.1, 0.15) is 31.2 Å². The van der Waals surface area contributed by atoms with Gasteiger partial charge in [-0.25, -0.2) is 18.1 Å². The van der Waals surface area contributed by atoms with Crippen molar-refractivity contribution in [1.29, 1.82) is 0 Å². The molecular weight excluding hydrogens is 360 g/mol. The highest BCUT2D eigenvalue weighted by Crippen LogP contribution is 2.26. The smallest absolute Gasteiger partial charge is 0.241 e. The Morgan fingerprint density at radius 2 is 1.88 bits per heavy atom. The summed E-state index contributed by atoms with van der Waals surface area (Å²) in [6.07, 6.45) is 4.81. The van der Waals surface area contributed by atoms with E-state index in [4.69, 9.17) is 16.3 Å². The minimum Gasteiger partial charge on any atom is -0.474 e. The minimum atomic E-state index is -3.58. The van der Waals surface area contributed by atoms with Gasteiger partial charge in [-0.2, -0.15) is 0 Å². The fourth-order valence-corrected chi connectivity index (χ4v) is 4.85. The summed E-state index contributed by atoms with van der Waals surface area (Å²) in [5.41, 5.74) is 0.573. The highest BCUT2D eigenvalue weighted by molar-refractivity contribution is 7.89. The second-order valence-electron chi connectivity index (χ2n) is 6.24. The van der Waals surface area contributed by atoms with E-state index in [2.05, 4.69) is 9.71 Å². The lowest BCUT2D eigenvalue weighted by molar-refractivity contribution is 0.138. The highest BCUT2D eigenvalue weighted by atomic mass is 35.5. The number of nitrogens with zero attached hydrogens (tertiary/aromatic N) is 1. The molecule has 0 saturated heterocycles. The Bertz CT molecular complexity index is 819. The molecule has 1 saturated carbocycles. The van der Waals surface area contributed by atoms with Crippen molar-refractivity contribution in [3.05, 3.63) is 53.2 Å². The van der Waals surface area contributed by atoms with Crippen LogP contribution in [0.3, 0.4) is 0 Å². The number of halogens is 1. The summed E-state index contributed by atoms with van der Waals surface area (Å²) < 4.78 is 33.9. The van der Waals surface area contributed by atoms with Crippen molar-refractivity contribution >= 4 is 21.6 Å².